The summed E-state index contributed by atoms with van der Waals surface area (Å²) < 4.78 is 5.49. The first-order valence-corrected chi connectivity index (χ1v) is 6.90. The molecule has 0 saturated heterocycles. The van der Waals surface area contributed by atoms with Crippen LogP contribution in [0.3, 0.4) is 0 Å². The maximum absolute atomic E-state index is 10.3. The smallest absolute Gasteiger partial charge is 0.143 e. The molecule has 0 unspecified atom stereocenters. The summed E-state index contributed by atoms with van der Waals surface area (Å²) in [7, 11) is 0. The number of hydrogen-bond donors (Lipinski definition) is 2. The Bertz CT molecular complexity index is 661. The van der Waals surface area contributed by atoms with E-state index in [-0.39, 0.29) is 5.75 Å². The molecule has 19 heavy (non-hydrogen) atoms. The van der Waals surface area contributed by atoms with E-state index in [0.29, 0.717) is 11.3 Å². The van der Waals surface area contributed by atoms with Crippen LogP contribution in [0.15, 0.2) is 28.7 Å². The monoisotopic (exact) mass is 274 g/mol. The number of ether oxygens (including phenoxy) is 1. The number of rotatable bonds is 2. The van der Waals surface area contributed by atoms with E-state index in [1.807, 2.05) is 17.5 Å². The molecule has 0 spiro atoms. The molecule has 0 saturated carbocycles. The SMILES string of the molecule is C/C(=N\N)c1csc(-c2ccc3c(c2)CCO3)c1O. The predicted octanol–water partition coefficient (Wildman–Crippen LogP) is 2.74. The van der Waals surface area contributed by atoms with Crippen molar-refractivity contribution in [2.45, 2.75) is 13.3 Å². The first-order valence-electron chi connectivity index (χ1n) is 6.02. The standard InChI is InChI=1S/C14H14N2O2S/c1-8(16-15)11-7-19-14(13(11)17)10-2-3-12-9(6-10)4-5-18-12/h2-3,6-7,17H,4-5,15H2,1H3/b16-8+. The Hall–Kier alpha value is -2.01. The molecule has 0 fully saturated rings. The third kappa shape index (κ3) is 1.96. The molecule has 0 amide bonds. The summed E-state index contributed by atoms with van der Waals surface area (Å²) in [6.45, 7) is 2.52. The summed E-state index contributed by atoms with van der Waals surface area (Å²) in [6.07, 6.45) is 0.922. The maximum Gasteiger partial charge on any atom is 0.143 e. The highest BCUT2D eigenvalue weighted by atomic mass is 32.1. The predicted molar refractivity (Wildman–Crippen MR) is 77.0 cm³/mol. The highest BCUT2D eigenvalue weighted by Crippen LogP contribution is 2.40. The second kappa shape index (κ2) is 4.59. The van der Waals surface area contributed by atoms with Gasteiger partial charge in [-0.2, -0.15) is 5.10 Å². The minimum Gasteiger partial charge on any atom is -0.506 e. The molecule has 1 aromatic heterocycles. The van der Waals surface area contributed by atoms with Crippen LogP contribution in [0.4, 0.5) is 0 Å². The number of hydrogen-bond acceptors (Lipinski definition) is 5. The number of hydrazone groups is 1. The largest absolute Gasteiger partial charge is 0.506 e. The van der Waals surface area contributed by atoms with Crippen molar-refractivity contribution in [3.8, 4) is 21.9 Å². The van der Waals surface area contributed by atoms with Gasteiger partial charge in [0.2, 0.25) is 0 Å². The summed E-state index contributed by atoms with van der Waals surface area (Å²) in [5.41, 5.74) is 3.52. The zero-order valence-corrected chi connectivity index (χ0v) is 11.3. The lowest BCUT2D eigenvalue weighted by atomic mass is 10.1. The summed E-state index contributed by atoms with van der Waals surface area (Å²) in [5, 5.41) is 15.8. The molecule has 1 aliphatic rings. The fourth-order valence-electron chi connectivity index (χ4n) is 2.21. The van der Waals surface area contributed by atoms with Gasteiger partial charge >= 0.3 is 0 Å². The summed E-state index contributed by atoms with van der Waals surface area (Å²) in [6, 6.07) is 6.00. The fourth-order valence-corrected chi connectivity index (χ4v) is 3.21. The number of benzene rings is 1. The highest BCUT2D eigenvalue weighted by molar-refractivity contribution is 7.14. The molecule has 0 bridgehead atoms. The fraction of sp³-hybridized carbons (Fsp3) is 0.214. The molecule has 4 nitrogen and oxygen atoms in total. The van der Waals surface area contributed by atoms with Gasteiger partial charge in [-0.25, -0.2) is 0 Å². The van der Waals surface area contributed by atoms with E-state index in [1.54, 1.807) is 6.92 Å². The average molecular weight is 274 g/mol. The third-order valence-electron chi connectivity index (χ3n) is 3.30. The Kier molecular flexibility index (Phi) is 2.91. The molecule has 1 aliphatic heterocycles. The summed E-state index contributed by atoms with van der Waals surface area (Å²) in [4.78, 5) is 0.840. The first kappa shape index (κ1) is 12.0. The lowest BCUT2D eigenvalue weighted by molar-refractivity contribution is 0.357. The molecule has 2 heterocycles. The molecule has 0 atom stereocenters. The lowest BCUT2D eigenvalue weighted by Crippen LogP contribution is -1.96. The van der Waals surface area contributed by atoms with Crippen molar-refractivity contribution in [2.24, 2.45) is 10.9 Å². The van der Waals surface area contributed by atoms with Crippen LogP contribution in [0, 0.1) is 0 Å². The van der Waals surface area contributed by atoms with Crippen molar-refractivity contribution in [1.29, 1.82) is 0 Å². The number of nitrogens with two attached hydrogens (primary N) is 1. The van der Waals surface area contributed by atoms with Gasteiger partial charge in [0.05, 0.1) is 22.8 Å². The van der Waals surface area contributed by atoms with E-state index in [0.717, 1.165) is 29.2 Å². The molecule has 1 aromatic carbocycles. The van der Waals surface area contributed by atoms with Crippen LogP contribution in [0.1, 0.15) is 18.1 Å². The van der Waals surface area contributed by atoms with Crippen LogP contribution in [0.5, 0.6) is 11.5 Å². The van der Waals surface area contributed by atoms with Gasteiger partial charge in [-0.1, -0.05) is 0 Å². The van der Waals surface area contributed by atoms with E-state index >= 15 is 0 Å². The van der Waals surface area contributed by atoms with Gasteiger partial charge in [0, 0.05) is 11.8 Å². The number of aromatic hydroxyl groups is 1. The zero-order valence-electron chi connectivity index (χ0n) is 10.5. The molecule has 2 aromatic rings. The van der Waals surface area contributed by atoms with Crippen LogP contribution in [0.25, 0.3) is 10.4 Å². The van der Waals surface area contributed by atoms with Crippen molar-refractivity contribution < 1.29 is 9.84 Å². The zero-order chi connectivity index (χ0) is 13.4. The molecule has 98 valence electrons. The van der Waals surface area contributed by atoms with Crippen LogP contribution >= 0.6 is 11.3 Å². The van der Waals surface area contributed by atoms with Gasteiger partial charge < -0.3 is 15.7 Å². The highest BCUT2D eigenvalue weighted by Gasteiger charge is 2.17. The van der Waals surface area contributed by atoms with Crippen molar-refractivity contribution in [2.75, 3.05) is 6.61 Å². The van der Waals surface area contributed by atoms with E-state index in [1.165, 1.54) is 16.9 Å². The van der Waals surface area contributed by atoms with Gasteiger partial charge in [0.1, 0.15) is 11.5 Å². The van der Waals surface area contributed by atoms with Crippen LogP contribution < -0.4 is 10.6 Å². The van der Waals surface area contributed by atoms with Gasteiger partial charge in [-0.05, 0) is 36.2 Å². The number of thiophene rings is 1. The number of fused-ring (bicyclic) bond motifs is 1. The van der Waals surface area contributed by atoms with E-state index in [9.17, 15) is 5.11 Å². The average Bonchev–Trinajstić information content (AvgIpc) is 3.03. The minimum atomic E-state index is 0.246. The van der Waals surface area contributed by atoms with Crippen molar-refractivity contribution in [1.82, 2.24) is 0 Å². The topological polar surface area (TPSA) is 67.8 Å². The molecular weight excluding hydrogens is 260 g/mol. The van der Waals surface area contributed by atoms with Crippen LogP contribution in [0.2, 0.25) is 0 Å². The van der Waals surface area contributed by atoms with Crippen LogP contribution in [-0.2, 0) is 6.42 Å². The molecular formula is C14H14N2O2S. The first-order chi connectivity index (χ1) is 9.20. The second-order valence-electron chi connectivity index (χ2n) is 4.46. The Morgan fingerprint density at radius 2 is 2.32 bits per heavy atom. The van der Waals surface area contributed by atoms with Gasteiger partial charge in [0.15, 0.2) is 0 Å². The number of nitrogens with zero attached hydrogens (tertiary/aromatic N) is 1. The summed E-state index contributed by atoms with van der Waals surface area (Å²) >= 11 is 1.49. The van der Waals surface area contributed by atoms with Crippen molar-refractivity contribution in [3.63, 3.8) is 0 Å². The normalized spacial score (nSPS) is 14.3. The third-order valence-corrected chi connectivity index (χ3v) is 4.32. The molecule has 0 radical (unpaired) electrons. The van der Waals surface area contributed by atoms with Crippen molar-refractivity contribution >= 4 is 17.0 Å². The Morgan fingerprint density at radius 1 is 1.47 bits per heavy atom. The molecule has 5 heteroatoms. The molecule has 0 aliphatic carbocycles. The van der Waals surface area contributed by atoms with E-state index in [4.69, 9.17) is 10.6 Å². The van der Waals surface area contributed by atoms with Crippen LogP contribution in [-0.4, -0.2) is 17.4 Å². The van der Waals surface area contributed by atoms with E-state index in [2.05, 4.69) is 11.2 Å². The van der Waals surface area contributed by atoms with Crippen molar-refractivity contribution in [3.05, 3.63) is 34.7 Å². The minimum absolute atomic E-state index is 0.246. The Morgan fingerprint density at radius 3 is 3.11 bits per heavy atom. The Balaban J connectivity index is 2.06. The van der Waals surface area contributed by atoms with E-state index < -0.39 is 0 Å². The molecule has 3 rings (SSSR count). The molecule has 3 N–H and O–H groups in total. The quantitative estimate of drug-likeness (QED) is 0.502. The Labute approximate surface area is 115 Å². The van der Waals surface area contributed by atoms with Gasteiger partial charge in [-0.15, -0.1) is 11.3 Å². The lowest BCUT2D eigenvalue weighted by Gasteiger charge is -2.03. The van der Waals surface area contributed by atoms with Gasteiger partial charge in [-0.3, -0.25) is 0 Å². The van der Waals surface area contributed by atoms with Gasteiger partial charge in [0.25, 0.3) is 0 Å². The maximum atomic E-state index is 10.3. The second-order valence-corrected chi connectivity index (χ2v) is 5.34. The summed E-state index contributed by atoms with van der Waals surface area (Å²) in [5.74, 6) is 6.45.